The van der Waals surface area contributed by atoms with E-state index < -0.39 is 11.7 Å². The van der Waals surface area contributed by atoms with Gasteiger partial charge in [0.2, 0.25) is 0 Å². The highest BCUT2D eigenvalue weighted by atomic mass is 16.6. The summed E-state index contributed by atoms with van der Waals surface area (Å²) in [5, 5.41) is 19.8. The largest absolute Gasteiger partial charge is 0.444 e. The van der Waals surface area contributed by atoms with Gasteiger partial charge >= 0.3 is 6.09 Å². The first kappa shape index (κ1) is 15.5. The summed E-state index contributed by atoms with van der Waals surface area (Å²) in [7, 11) is 1.95. The van der Waals surface area contributed by atoms with Crippen LogP contribution in [0.1, 0.15) is 39.3 Å². The monoisotopic (exact) mass is 294 g/mol. The minimum Gasteiger partial charge on any atom is -0.444 e. The number of hydrogen-bond acceptors (Lipinski definition) is 6. The molecule has 1 aromatic heterocycles. The molecule has 7 nitrogen and oxygen atoms in total. The molecule has 1 heterocycles. The second-order valence-corrected chi connectivity index (χ2v) is 6.19. The van der Waals surface area contributed by atoms with Crippen molar-refractivity contribution in [2.75, 3.05) is 17.3 Å². The third-order valence-corrected chi connectivity index (χ3v) is 3.10. The van der Waals surface area contributed by atoms with Crippen molar-refractivity contribution >= 4 is 17.6 Å². The van der Waals surface area contributed by atoms with Crippen LogP contribution >= 0.6 is 0 Å². The van der Waals surface area contributed by atoms with Gasteiger partial charge < -0.3 is 14.7 Å². The molecule has 7 heteroatoms. The normalized spacial score (nSPS) is 14.7. The summed E-state index contributed by atoms with van der Waals surface area (Å²) < 4.78 is 5.18. The maximum absolute atomic E-state index is 11.7. The summed E-state index contributed by atoms with van der Waals surface area (Å²) in [6, 6.07) is 2.18. The molecule has 1 saturated carbocycles. The van der Waals surface area contributed by atoms with Crippen LogP contribution in [0.2, 0.25) is 0 Å². The Morgan fingerprint density at radius 1 is 1.48 bits per heavy atom. The van der Waals surface area contributed by atoms with E-state index in [1.807, 2.05) is 7.05 Å². The third kappa shape index (κ3) is 4.29. The maximum Gasteiger partial charge on any atom is 0.413 e. The second-order valence-electron chi connectivity index (χ2n) is 6.19. The van der Waals surface area contributed by atoms with Crippen molar-refractivity contribution in [3.05, 3.63) is 11.8 Å². The molecule has 1 aliphatic rings. The SMILES string of the molecule is CN(c1cc(NC(=O)OC(C)(C)C)nnc1CO)C1CC1. The molecule has 1 aromatic rings. The van der Waals surface area contributed by atoms with E-state index in [0.29, 0.717) is 17.6 Å². The molecule has 0 saturated heterocycles. The fraction of sp³-hybridized carbons (Fsp3) is 0.643. The Morgan fingerprint density at radius 2 is 2.14 bits per heavy atom. The van der Waals surface area contributed by atoms with Crippen molar-refractivity contribution in [3.8, 4) is 0 Å². The van der Waals surface area contributed by atoms with Crippen LogP contribution in [0.15, 0.2) is 6.07 Å². The highest BCUT2D eigenvalue weighted by Gasteiger charge is 2.28. The van der Waals surface area contributed by atoms with Crippen molar-refractivity contribution in [3.63, 3.8) is 0 Å². The van der Waals surface area contributed by atoms with Gasteiger partial charge in [-0.15, -0.1) is 10.2 Å². The summed E-state index contributed by atoms with van der Waals surface area (Å²) in [6.45, 7) is 5.18. The fourth-order valence-electron chi connectivity index (χ4n) is 1.95. The lowest BCUT2D eigenvalue weighted by Gasteiger charge is -2.22. The highest BCUT2D eigenvalue weighted by Crippen LogP contribution is 2.32. The number of aliphatic hydroxyl groups is 1. The van der Waals surface area contributed by atoms with E-state index in [2.05, 4.69) is 20.4 Å². The summed E-state index contributed by atoms with van der Waals surface area (Å²) >= 11 is 0. The molecule has 0 aliphatic heterocycles. The molecule has 0 unspecified atom stereocenters. The fourth-order valence-corrected chi connectivity index (χ4v) is 1.95. The summed E-state index contributed by atoms with van der Waals surface area (Å²) in [6.07, 6.45) is 1.67. The maximum atomic E-state index is 11.7. The summed E-state index contributed by atoms with van der Waals surface area (Å²) in [5.74, 6) is 0.309. The Balaban J connectivity index is 2.13. The quantitative estimate of drug-likeness (QED) is 0.882. The van der Waals surface area contributed by atoms with Crippen molar-refractivity contribution in [1.29, 1.82) is 0 Å². The number of carbonyl (C=O) groups excluding carboxylic acids is 1. The Labute approximate surface area is 124 Å². The van der Waals surface area contributed by atoms with Gasteiger partial charge in [-0.3, -0.25) is 5.32 Å². The molecule has 21 heavy (non-hydrogen) atoms. The molecule has 1 amide bonds. The van der Waals surface area contributed by atoms with Gasteiger partial charge in [-0.05, 0) is 33.6 Å². The van der Waals surface area contributed by atoms with Crippen LogP contribution in [0.4, 0.5) is 16.3 Å². The lowest BCUT2D eigenvalue weighted by Crippen LogP contribution is -2.28. The van der Waals surface area contributed by atoms with Gasteiger partial charge in [-0.25, -0.2) is 4.79 Å². The number of hydrogen-bond donors (Lipinski definition) is 2. The molecule has 1 fully saturated rings. The number of aromatic nitrogens is 2. The van der Waals surface area contributed by atoms with Gasteiger partial charge in [0, 0.05) is 19.2 Å². The molecule has 0 aromatic carbocycles. The zero-order valence-electron chi connectivity index (χ0n) is 12.9. The molecule has 2 rings (SSSR count). The smallest absolute Gasteiger partial charge is 0.413 e. The lowest BCUT2D eigenvalue weighted by molar-refractivity contribution is 0.0635. The average Bonchev–Trinajstić information content (AvgIpc) is 3.19. The van der Waals surface area contributed by atoms with Crippen LogP contribution in [0.25, 0.3) is 0 Å². The minimum atomic E-state index is -0.575. The Morgan fingerprint density at radius 3 is 2.67 bits per heavy atom. The molecular formula is C14H22N4O3. The lowest BCUT2D eigenvalue weighted by atomic mass is 10.2. The summed E-state index contributed by atoms with van der Waals surface area (Å²) in [5.41, 5.74) is 0.705. The van der Waals surface area contributed by atoms with E-state index in [0.717, 1.165) is 18.5 Å². The van der Waals surface area contributed by atoms with Crippen LogP contribution in [0, 0.1) is 0 Å². The number of nitrogens with zero attached hydrogens (tertiary/aromatic N) is 3. The molecule has 0 spiro atoms. The first-order chi connectivity index (χ1) is 9.80. The third-order valence-electron chi connectivity index (χ3n) is 3.10. The number of amides is 1. The standard InChI is InChI=1S/C14H22N4O3/c1-14(2,3)21-13(20)15-12-7-11(10(8-19)16-17-12)18(4)9-5-6-9/h7,9,19H,5-6,8H2,1-4H3,(H,15,17,20). The van der Waals surface area contributed by atoms with Crippen molar-refractivity contribution in [2.24, 2.45) is 0 Å². The first-order valence-corrected chi connectivity index (χ1v) is 7.00. The van der Waals surface area contributed by atoms with E-state index in [4.69, 9.17) is 4.74 Å². The molecular weight excluding hydrogens is 272 g/mol. The van der Waals surface area contributed by atoms with Gasteiger partial charge in [-0.1, -0.05) is 0 Å². The number of nitrogens with one attached hydrogen (secondary N) is 1. The van der Waals surface area contributed by atoms with Crippen molar-refractivity contribution in [1.82, 2.24) is 10.2 Å². The molecule has 2 N–H and O–H groups in total. The van der Waals surface area contributed by atoms with Crippen LogP contribution in [-0.4, -0.2) is 40.1 Å². The van der Waals surface area contributed by atoms with Gasteiger partial charge in [0.05, 0.1) is 12.3 Å². The number of rotatable bonds is 4. The van der Waals surface area contributed by atoms with Gasteiger partial charge in [0.25, 0.3) is 0 Å². The molecule has 1 aliphatic carbocycles. The minimum absolute atomic E-state index is 0.188. The first-order valence-electron chi connectivity index (χ1n) is 7.00. The average molecular weight is 294 g/mol. The summed E-state index contributed by atoms with van der Waals surface area (Å²) in [4.78, 5) is 13.8. The van der Waals surface area contributed by atoms with Gasteiger partial charge in [0.15, 0.2) is 5.82 Å². The van der Waals surface area contributed by atoms with Crippen LogP contribution in [-0.2, 0) is 11.3 Å². The van der Waals surface area contributed by atoms with E-state index in [1.54, 1.807) is 26.8 Å². The topological polar surface area (TPSA) is 87.6 Å². The molecule has 116 valence electrons. The predicted octanol–water partition coefficient (Wildman–Crippen LogP) is 1.91. The van der Waals surface area contributed by atoms with E-state index in [1.165, 1.54) is 0 Å². The van der Waals surface area contributed by atoms with E-state index >= 15 is 0 Å². The van der Waals surface area contributed by atoms with E-state index in [9.17, 15) is 9.90 Å². The Hall–Kier alpha value is -1.89. The van der Waals surface area contributed by atoms with Gasteiger partial charge in [-0.2, -0.15) is 0 Å². The Bertz CT molecular complexity index is 523. The Kier molecular flexibility index (Phi) is 4.32. The van der Waals surface area contributed by atoms with Gasteiger partial charge in [0.1, 0.15) is 11.3 Å². The zero-order valence-corrected chi connectivity index (χ0v) is 12.9. The van der Waals surface area contributed by atoms with Crippen molar-refractivity contribution in [2.45, 2.75) is 51.9 Å². The molecule has 0 bridgehead atoms. The number of carbonyl (C=O) groups is 1. The number of anilines is 2. The van der Waals surface area contributed by atoms with Crippen LogP contribution < -0.4 is 10.2 Å². The van der Waals surface area contributed by atoms with Crippen molar-refractivity contribution < 1.29 is 14.6 Å². The zero-order chi connectivity index (χ0) is 15.6. The number of aliphatic hydroxyl groups excluding tert-OH is 1. The molecule has 0 atom stereocenters. The number of ether oxygens (including phenoxy) is 1. The second kappa shape index (κ2) is 5.85. The molecule has 0 radical (unpaired) electrons. The predicted molar refractivity (Wildman–Crippen MR) is 79.2 cm³/mol. The van der Waals surface area contributed by atoms with Crippen LogP contribution in [0.3, 0.4) is 0 Å². The van der Waals surface area contributed by atoms with Crippen LogP contribution in [0.5, 0.6) is 0 Å². The van der Waals surface area contributed by atoms with E-state index in [-0.39, 0.29) is 6.61 Å². The highest BCUT2D eigenvalue weighted by molar-refractivity contribution is 5.84.